The van der Waals surface area contributed by atoms with E-state index in [1.165, 1.54) is 0 Å². The van der Waals surface area contributed by atoms with Gasteiger partial charge in [0.2, 0.25) is 17.6 Å². The zero-order valence-electron chi connectivity index (χ0n) is 18.5. The van der Waals surface area contributed by atoms with Gasteiger partial charge < -0.3 is 24.8 Å². The number of nitrogens with one attached hydrogen (secondary N) is 2. The molecule has 3 amide bonds. The number of carbonyl (C=O) groups excluding carboxylic acids is 2. The molecule has 0 radical (unpaired) electrons. The summed E-state index contributed by atoms with van der Waals surface area (Å²) < 4.78 is 10.5. The van der Waals surface area contributed by atoms with Crippen molar-refractivity contribution in [3.63, 3.8) is 0 Å². The van der Waals surface area contributed by atoms with E-state index in [4.69, 9.17) is 9.26 Å². The predicted octanol–water partition coefficient (Wildman–Crippen LogP) is 4.33. The summed E-state index contributed by atoms with van der Waals surface area (Å²) in [6.07, 6.45) is 3.37. The largest absolute Gasteiger partial charge is 0.497 e. The number of aromatic nitrogens is 2. The quantitative estimate of drug-likeness (QED) is 0.530. The van der Waals surface area contributed by atoms with Crippen LogP contribution in [-0.4, -0.2) is 47.2 Å². The lowest BCUT2D eigenvalue weighted by Crippen LogP contribution is -2.32. The van der Waals surface area contributed by atoms with Crippen LogP contribution in [0.3, 0.4) is 0 Å². The number of nitrogens with zero attached hydrogens (tertiary/aromatic N) is 3. The molecule has 0 spiro atoms. The Kier molecular flexibility index (Phi) is 7.19. The van der Waals surface area contributed by atoms with E-state index in [2.05, 4.69) is 20.8 Å². The smallest absolute Gasteiger partial charge is 0.321 e. The van der Waals surface area contributed by atoms with Crippen molar-refractivity contribution in [2.45, 2.75) is 32.1 Å². The highest BCUT2D eigenvalue weighted by molar-refractivity contribution is 5.99. The van der Waals surface area contributed by atoms with Crippen molar-refractivity contribution in [2.75, 3.05) is 30.8 Å². The number of hydrogen-bond donors (Lipinski definition) is 2. The summed E-state index contributed by atoms with van der Waals surface area (Å²) in [7, 11) is 1.61. The molecule has 172 valence electrons. The lowest BCUT2D eigenvalue weighted by molar-refractivity contribution is -0.116. The molecule has 1 fully saturated rings. The second kappa shape index (κ2) is 10.6. The molecule has 2 aromatic carbocycles. The maximum atomic E-state index is 12.5. The number of methoxy groups -OCH3 is 1. The summed E-state index contributed by atoms with van der Waals surface area (Å²) in [6.45, 7) is 1.52. The number of likely N-dealkylation sites (tertiary alicyclic amines) is 1. The van der Waals surface area contributed by atoms with E-state index in [1.807, 2.05) is 36.4 Å². The minimum atomic E-state index is -0.146. The number of ether oxygens (including phenoxy) is 1. The van der Waals surface area contributed by atoms with E-state index < -0.39 is 0 Å². The van der Waals surface area contributed by atoms with Crippen LogP contribution in [0.25, 0.3) is 11.4 Å². The maximum absolute atomic E-state index is 12.5. The fourth-order valence-electron chi connectivity index (χ4n) is 3.64. The monoisotopic (exact) mass is 449 g/mol. The van der Waals surface area contributed by atoms with Crippen molar-refractivity contribution in [3.8, 4) is 17.1 Å². The average Bonchev–Trinajstić information content (AvgIpc) is 3.53. The topological polar surface area (TPSA) is 110 Å². The molecule has 1 aliphatic heterocycles. The SMILES string of the molecule is COc1ccc(-c2noc(CCCC(=O)Nc3ccccc3NC(=O)N3CCCC3)n2)cc1. The van der Waals surface area contributed by atoms with Gasteiger partial charge in [-0.05, 0) is 55.7 Å². The molecule has 2 N–H and O–H groups in total. The number of rotatable bonds is 8. The average molecular weight is 450 g/mol. The van der Waals surface area contributed by atoms with Gasteiger partial charge in [0, 0.05) is 31.5 Å². The highest BCUT2D eigenvalue weighted by atomic mass is 16.5. The lowest BCUT2D eigenvalue weighted by atomic mass is 10.2. The molecular formula is C24H27N5O4. The number of urea groups is 1. The summed E-state index contributed by atoms with van der Waals surface area (Å²) in [5.74, 6) is 1.59. The summed E-state index contributed by atoms with van der Waals surface area (Å²) in [4.78, 5) is 31.0. The number of amides is 3. The molecule has 9 heteroatoms. The Balaban J connectivity index is 1.27. The maximum Gasteiger partial charge on any atom is 0.321 e. The van der Waals surface area contributed by atoms with Crippen LogP contribution in [-0.2, 0) is 11.2 Å². The number of carbonyl (C=O) groups is 2. The fraction of sp³-hybridized carbons (Fsp3) is 0.333. The van der Waals surface area contributed by atoms with Crippen molar-refractivity contribution >= 4 is 23.3 Å². The molecular weight excluding hydrogens is 422 g/mol. The van der Waals surface area contributed by atoms with Crippen LogP contribution in [0.15, 0.2) is 53.1 Å². The van der Waals surface area contributed by atoms with E-state index in [0.29, 0.717) is 35.9 Å². The number of para-hydroxylation sites is 2. The molecule has 0 aliphatic carbocycles. The molecule has 0 atom stereocenters. The van der Waals surface area contributed by atoms with Gasteiger partial charge in [-0.2, -0.15) is 4.98 Å². The van der Waals surface area contributed by atoms with E-state index in [0.717, 1.165) is 37.2 Å². The van der Waals surface area contributed by atoms with Crippen molar-refractivity contribution in [3.05, 3.63) is 54.4 Å². The zero-order chi connectivity index (χ0) is 23.0. The first-order valence-corrected chi connectivity index (χ1v) is 11.0. The van der Waals surface area contributed by atoms with E-state index in [9.17, 15) is 9.59 Å². The van der Waals surface area contributed by atoms with Crippen molar-refractivity contribution in [1.29, 1.82) is 0 Å². The molecule has 4 rings (SSSR count). The lowest BCUT2D eigenvalue weighted by Gasteiger charge is -2.18. The second-order valence-corrected chi connectivity index (χ2v) is 7.81. The number of benzene rings is 2. The standard InChI is InChI=1S/C24H27N5O4/c1-32-18-13-11-17(12-14-18)23-27-22(33-28-23)10-6-9-21(30)25-19-7-2-3-8-20(19)26-24(31)29-15-4-5-16-29/h2-3,7-8,11-14H,4-6,9-10,15-16H2,1H3,(H,25,30)(H,26,31). The first-order valence-electron chi connectivity index (χ1n) is 11.0. The molecule has 3 aromatic rings. The van der Waals surface area contributed by atoms with Gasteiger partial charge in [0.05, 0.1) is 18.5 Å². The first kappa shape index (κ1) is 22.3. The predicted molar refractivity (Wildman–Crippen MR) is 124 cm³/mol. The Labute approximate surface area is 192 Å². The van der Waals surface area contributed by atoms with Crippen molar-refractivity contribution in [2.24, 2.45) is 0 Å². The Morgan fingerprint density at radius 3 is 2.42 bits per heavy atom. The van der Waals surface area contributed by atoms with Gasteiger partial charge in [-0.25, -0.2) is 4.79 Å². The van der Waals surface area contributed by atoms with Crippen LogP contribution in [0.4, 0.5) is 16.2 Å². The van der Waals surface area contributed by atoms with Gasteiger partial charge in [0.1, 0.15) is 5.75 Å². The molecule has 1 saturated heterocycles. The summed E-state index contributed by atoms with van der Waals surface area (Å²) >= 11 is 0. The Bertz CT molecular complexity index is 1090. The Morgan fingerprint density at radius 1 is 1.03 bits per heavy atom. The summed E-state index contributed by atoms with van der Waals surface area (Å²) in [5.41, 5.74) is 1.99. The van der Waals surface area contributed by atoms with Gasteiger partial charge in [-0.15, -0.1) is 0 Å². The Morgan fingerprint density at radius 2 is 1.73 bits per heavy atom. The normalized spacial score (nSPS) is 13.1. The molecule has 1 aliphatic rings. The molecule has 1 aromatic heterocycles. The Hall–Kier alpha value is -3.88. The van der Waals surface area contributed by atoms with Gasteiger partial charge in [-0.1, -0.05) is 17.3 Å². The van der Waals surface area contributed by atoms with Crippen molar-refractivity contribution < 1.29 is 18.8 Å². The summed E-state index contributed by atoms with van der Waals surface area (Å²) in [5, 5.41) is 9.79. The van der Waals surface area contributed by atoms with E-state index in [1.54, 1.807) is 24.1 Å². The first-order chi connectivity index (χ1) is 16.1. The van der Waals surface area contributed by atoms with Crippen LogP contribution in [0.2, 0.25) is 0 Å². The van der Waals surface area contributed by atoms with Crippen LogP contribution >= 0.6 is 0 Å². The molecule has 33 heavy (non-hydrogen) atoms. The van der Waals surface area contributed by atoms with Crippen LogP contribution in [0.5, 0.6) is 5.75 Å². The second-order valence-electron chi connectivity index (χ2n) is 7.81. The number of aryl methyl sites for hydroxylation is 1. The van der Waals surface area contributed by atoms with Gasteiger partial charge in [0.15, 0.2) is 0 Å². The van der Waals surface area contributed by atoms with Gasteiger partial charge in [0.25, 0.3) is 0 Å². The number of hydrogen-bond acceptors (Lipinski definition) is 6. The number of anilines is 2. The third-order valence-corrected chi connectivity index (χ3v) is 5.45. The minimum Gasteiger partial charge on any atom is -0.497 e. The third kappa shape index (κ3) is 5.88. The fourth-order valence-corrected chi connectivity index (χ4v) is 3.64. The highest BCUT2D eigenvalue weighted by Crippen LogP contribution is 2.23. The summed E-state index contributed by atoms with van der Waals surface area (Å²) in [6, 6.07) is 14.5. The molecule has 0 unspecified atom stereocenters. The van der Waals surface area contributed by atoms with E-state index >= 15 is 0 Å². The zero-order valence-corrected chi connectivity index (χ0v) is 18.5. The van der Waals surface area contributed by atoms with Crippen LogP contribution in [0.1, 0.15) is 31.6 Å². The molecule has 2 heterocycles. The van der Waals surface area contributed by atoms with Crippen LogP contribution in [0, 0.1) is 0 Å². The molecule has 0 bridgehead atoms. The van der Waals surface area contributed by atoms with Gasteiger partial charge >= 0.3 is 6.03 Å². The van der Waals surface area contributed by atoms with E-state index in [-0.39, 0.29) is 18.4 Å². The van der Waals surface area contributed by atoms with Gasteiger partial charge in [-0.3, -0.25) is 4.79 Å². The van der Waals surface area contributed by atoms with Crippen molar-refractivity contribution in [1.82, 2.24) is 15.0 Å². The molecule has 0 saturated carbocycles. The molecule has 9 nitrogen and oxygen atoms in total. The minimum absolute atomic E-state index is 0.141. The highest BCUT2D eigenvalue weighted by Gasteiger charge is 2.19. The third-order valence-electron chi connectivity index (χ3n) is 5.45. The van der Waals surface area contributed by atoms with Crippen LogP contribution < -0.4 is 15.4 Å².